The molecule has 1 N–H and O–H groups in total. The Morgan fingerprint density at radius 3 is 2.80 bits per heavy atom. The van der Waals surface area contributed by atoms with Crippen molar-refractivity contribution < 1.29 is 4.74 Å². The highest BCUT2D eigenvalue weighted by Crippen LogP contribution is 2.13. The number of methoxy groups -OCH3 is 1. The summed E-state index contributed by atoms with van der Waals surface area (Å²) in [7, 11) is 1.68. The van der Waals surface area contributed by atoms with Gasteiger partial charge in [-0.05, 0) is 42.7 Å². The summed E-state index contributed by atoms with van der Waals surface area (Å²) in [6, 6.07) is 11.8. The van der Waals surface area contributed by atoms with Crippen molar-refractivity contribution in [3.8, 4) is 5.75 Å². The van der Waals surface area contributed by atoms with Crippen LogP contribution in [0.15, 0.2) is 53.9 Å². The van der Waals surface area contributed by atoms with E-state index in [0.717, 1.165) is 24.3 Å². The van der Waals surface area contributed by atoms with E-state index >= 15 is 0 Å². The number of hydrazone groups is 1. The highest BCUT2D eigenvalue weighted by Gasteiger charge is 1.94. The number of nitrogens with zero attached hydrogens (tertiary/aromatic N) is 2. The van der Waals surface area contributed by atoms with Crippen molar-refractivity contribution in [2.45, 2.75) is 12.8 Å². The van der Waals surface area contributed by atoms with Gasteiger partial charge in [0.25, 0.3) is 0 Å². The van der Waals surface area contributed by atoms with E-state index in [2.05, 4.69) is 21.6 Å². The van der Waals surface area contributed by atoms with Gasteiger partial charge in [-0.1, -0.05) is 12.1 Å². The lowest BCUT2D eigenvalue weighted by atomic mass is 10.1. The second-order valence-corrected chi connectivity index (χ2v) is 4.05. The number of ether oxygens (including phenoxy) is 1. The molecule has 0 fully saturated rings. The summed E-state index contributed by atoms with van der Waals surface area (Å²) >= 11 is 0. The Balaban J connectivity index is 0.00000200. The summed E-state index contributed by atoms with van der Waals surface area (Å²) < 4.78 is 5.19. The molecule has 2 rings (SSSR count). The van der Waals surface area contributed by atoms with Crippen LogP contribution in [0.5, 0.6) is 5.75 Å². The molecular formula is C15H18ClN3O. The van der Waals surface area contributed by atoms with E-state index in [9.17, 15) is 0 Å². The van der Waals surface area contributed by atoms with Crippen molar-refractivity contribution in [1.82, 2.24) is 4.98 Å². The van der Waals surface area contributed by atoms with Crippen LogP contribution < -0.4 is 10.2 Å². The van der Waals surface area contributed by atoms with Gasteiger partial charge in [-0.15, -0.1) is 12.4 Å². The third-order valence-electron chi connectivity index (χ3n) is 2.66. The van der Waals surface area contributed by atoms with Crippen molar-refractivity contribution in [2.75, 3.05) is 12.5 Å². The predicted molar refractivity (Wildman–Crippen MR) is 84.9 cm³/mol. The largest absolute Gasteiger partial charge is 0.497 e. The average Bonchev–Trinajstić information content (AvgIpc) is 2.48. The Bertz CT molecular complexity index is 532. The highest BCUT2D eigenvalue weighted by atomic mass is 35.5. The molecule has 0 radical (unpaired) electrons. The van der Waals surface area contributed by atoms with Gasteiger partial charge in [0.05, 0.1) is 12.8 Å². The number of aromatic nitrogens is 1. The van der Waals surface area contributed by atoms with Crippen LogP contribution in [0.3, 0.4) is 0 Å². The second-order valence-electron chi connectivity index (χ2n) is 4.05. The van der Waals surface area contributed by atoms with Crippen molar-refractivity contribution in [3.05, 3.63) is 54.4 Å². The lowest BCUT2D eigenvalue weighted by Gasteiger charge is -2.02. The number of anilines is 1. The molecule has 0 saturated carbocycles. The van der Waals surface area contributed by atoms with Gasteiger partial charge < -0.3 is 4.74 Å². The first-order valence-corrected chi connectivity index (χ1v) is 6.19. The molecule has 106 valence electrons. The molecule has 1 aromatic heterocycles. The van der Waals surface area contributed by atoms with Gasteiger partial charge >= 0.3 is 0 Å². The molecule has 20 heavy (non-hydrogen) atoms. The van der Waals surface area contributed by atoms with Gasteiger partial charge in [-0.3, -0.25) is 10.4 Å². The lowest BCUT2D eigenvalue weighted by molar-refractivity contribution is 0.414. The van der Waals surface area contributed by atoms with Gasteiger partial charge in [0.15, 0.2) is 0 Å². The number of hydrogen-bond acceptors (Lipinski definition) is 4. The molecule has 0 aliphatic heterocycles. The van der Waals surface area contributed by atoms with E-state index in [1.54, 1.807) is 19.5 Å². The Labute approximate surface area is 125 Å². The molecule has 5 heteroatoms. The fraction of sp³-hybridized carbons (Fsp3) is 0.200. The van der Waals surface area contributed by atoms with Crippen molar-refractivity contribution in [3.63, 3.8) is 0 Å². The number of rotatable bonds is 6. The number of hydrogen-bond donors (Lipinski definition) is 1. The maximum atomic E-state index is 5.19. The monoisotopic (exact) mass is 291 g/mol. The maximum Gasteiger partial charge on any atom is 0.119 e. The molecule has 0 unspecified atom stereocenters. The first-order chi connectivity index (χ1) is 9.38. The zero-order chi connectivity index (χ0) is 13.3. The number of pyridine rings is 1. The lowest BCUT2D eigenvalue weighted by Crippen LogP contribution is -1.92. The minimum Gasteiger partial charge on any atom is -0.497 e. The maximum absolute atomic E-state index is 5.19. The SMILES string of the molecule is COc1cccc(CC/C=N\Nc2ccncc2)c1.Cl. The van der Waals surface area contributed by atoms with E-state index in [-0.39, 0.29) is 12.4 Å². The van der Waals surface area contributed by atoms with Crippen molar-refractivity contribution in [1.29, 1.82) is 0 Å². The minimum atomic E-state index is 0. The second kappa shape index (κ2) is 8.93. The molecule has 2 aromatic rings. The van der Waals surface area contributed by atoms with Crippen LogP contribution in [0.4, 0.5) is 5.69 Å². The topological polar surface area (TPSA) is 46.5 Å². The summed E-state index contributed by atoms with van der Waals surface area (Å²) in [6.07, 6.45) is 7.16. The van der Waals surface area contributed by atoms with Crippen LogP contribution >= 0.6 is 12.4 Å². The standard InChI is InChI=1S/C15H17N3O.ClH/c1-19-15-6-2-4-13(12-15)5-3-9-17-18-14-7-10-16-11-8-14;/h2,4,6-12H,3,5H2,1H3,(H,16,18);1H/b17-9-;. The van der Waals surface area contributed by atoms with Crippen LogP contribution in [0, 0.1) is 0 Å². The van der Waals surface area contributed by atoms with Gasteiger partial charge in [0, 0.05) is 18.6 Å². The minimum absolute atomic E-state index is 0. The Kier molecular flexibility index (Phi) is 7.14. The van der Waals surface area contributed by atoms with Crippen molar-refractivity contribution in [2.24, 2.45) is 5.10 Å². The third kappa shape index (κ3) is 5.28. The fourth-order valence-corrected chi connectivity index (χ4v) is 1.67. The quantitative estimate of drug-likeness (QED) is 0.654. The Hall–Kier alpha value is -2.07. The summed E-state index contributed by atoms with van der Waals surface area (Å²) in [5.41, 5.74) is 5.14. The Morgan fingerprint density at radius 2 is 2.05 bits per heavy atom. The van der Waals surface area contributed by atoms with Crippen LogP contribution in [-0.2, 0) is 6.42 Å². The van der Waals surface area contributed by atoms with Gasteiger partial charge in [-0.25, -0.2) is 0 Å². The highest BCUT2D eigenvalue weighted by molar-refractivity contribution is 5.85. The summed E-state index contributed by atoms with van der Waals surface area (Å²) in [5.74, 6) is 0.893. The summed E-state index contributed by atoms with van der Waals surface area (Å²) in [5, 5.41) is 4.17. The Morgan fingerprint density at radius 1 is 1.25 bits per heavy atom. The number of nitrogens with one attached hydrogen (secondary N) is 1. The first-order valence-electron chi connectivity index (χ1n) is 6.19. The van der Waals surface area contributed by atoms with E-state index in [4.69, 9.17) is 4.74 Å². The van der Waals surface area contributed by atoms with Crippen LogP contribution in [0.25, 0.3) is 0 Å². The molecule has 0 aliphatic carbocycles. The molecule has 4 nitrogen and oxygen atoms in total. The van der Waals surface area contributed by atoms with Crippen LogP contribution in [0.1, 0.15) is 12.0 Å². The molecule has 1 aromatic carbocycles. The molecule has 0 amide bonds. The molecule has 0 aliphatic rings. The van der Waals surface area contributed by atoms with Gasteiger partial charge in [-0.2, -0.15) is 5.10 Å². The van der Waals surface area contributed by atoms with Crippen molar-refractivity contribution >= 4 is 24.3 Å². The fourth-order valence-electron chi connectivity index (χ4n) is 1.67. The zero-order valence-corrected chi connectivity index (χ0v) is 12.1. The molecule has 0 spiro atoms. The number of aryl methyl sites for hydroxylation is 1. The predicted octanol–water partition coefficient (Wildman–Crippen LogP) is 3.54. The smallest absolute Gasteiger partial charge is 0.119 e. The molecule has 1 heterocycles. The van der Waals surface area contributed by atoms with Crippen LogP contribution in [-0.4, -0.2) is 18.3 Å². The van der Waals surface area contributed by atoms with Gasteiger partial charge in [0.2, 0.25) is 0 Å². The number of benzene rings is 1. The molecule has 0 atom stereocenters. The first kappa shape index (κ1) is 16.0. The zero-order valence-electron chi connectivity index (χ0n) is 11.3. The van der Waals surface area contributed by atoms with Gasteiger partial charge in [0.1, 0.15) is 5.75 Å². The van der Waals surface area contributed by atoms with Crippen LogP contribution in [0.2, 0.25) is 0 Å². The van der Waals surface area contributed by atoms with E-state index < -0.39 is 0 Å². The van der Waals surface area contributed by atoms with E-state index in [0.29, 0.717) is 0 Å². The third-order valence-corrected chi connectivity index (χ3v) is 2.66. The summed E-state index contributed by atoms with van der Waals surface area (Å²) in [4.78, 5) is 3.94. The molecule has 0 bridgehead atoms. The number of halogens is 1. The summed E-state index contributed by atoms with van der Waals surface area (Å²) in [6.45, 7) is 0. The van der Waals surface area contributed by atoms with E-state index in [1.165, 1.54) is 5.56 Å². The molecule has 0 saturated heterocycles. The molecular weight excluding hydrogens is 274 g/mol. The normalized spacial score (nSPS) is 10.1. The average molecular weight is 292 g/mol. The van der Waals surface area contributed by atoms with E-state index in [1.807, 2.05) is 36.5 Å².